The monoisotopic (exact) mass is 460 g/mol. The van der Waals surface area contributed by atoms with Gasteiger partial charge >= 0.3 is 24.2 Å². The topological polar surface area (TPSA) is 153 Å². The molecule has 0 saturated carbocycles. The van der Waals surface area contributed by atoms with Gasteiger partial charge < -0.3 is 38.3 Å². The molecule has 2 fully saturated rings. The van der Waals surface area contributed by atoms with E-state index in [4.69, 9.17) is 24.1 Å². The number of cyclic esters (lactones) is 4. The summed E-state index contributed by atoms with van der Waals surface area (Å²) in [4.78, 5) is 41.1. The summed E-state index contributed by atoms with van der Waals surface area (Å²) in [5.74, 6) is -1.53. The number of carboxylic acid groups (broad SMARTS) is 1. The average molecular weight is 460 g/mol. The first-order valence-corrected chi connectivity index (χ1v) is 9.45. The van der Waals surface area contributed by atoms with Gasteiger partial charge in [-0.1, -0.05) is 26.2 Å². The van der Waals surface area contributed by atoms with E-state index in [1.165, 1.54) is 0 Å². The summed E-state index contributed by atoms with van der Waals surface area (Å²) in [6, 6.07) is 0. The summed E-state index contributed by atoms with van der Waals surface area (Å²) >= 11 is 0. The summed E-state index contributed by atoms with van der Waals surface area (Å²) in [6.07, 6.45) is 3.03. The zero-order chi connectivity index (χ0) is 24.4. The van der Waals surface area contributed by atoms with E-state index in [1.54, 1.807) is 19.3 Å². The minimum Gasteiger partial charge on any atom is -0.498 e. The molecule has 12 nitrogen and oxygen atoms in total. The second kappa shape index (κ2) is 17.2. The van der Waals surface area contributed by atoms with E-state index in [2.05, 4.69) is 27.4 Å². The molecule has 2 heterocycles. The van der Waals surface area contributed by atoms with Crippen LogP contribution in [0.3, 0.4) is 0 Å². The van der Waals surface area contributed by atoms with E-state index in [0.717, 1.165) is 12.2 Å². The number of esters is 1. The number of hydrogen-bond acceptors (Lipinski definition) is 11. The van der Waals surface area contributed by atoms with Gasteiger partial charge in [-0.15, -0.1) is 0 Å². The first-order chi connectivity index (χ1) is 15.2. The number of hydrogen-bond donors (Lipinski definition) is 1. The van der Waals surface area contributed by atoms with Crippen molar-refractivity contribution in [1.82, 2.24) is 0 Å². The maximum Gasteiger partial charge on any atom is 0.508 e. The van der Waals surface area contributed by atoms with Gasteiger partial charge in [-0.05, 0) is 6.92 Å². The molecule has 0 aromatic heterocycles. The predicted octanol–water partition coefficient (Wildman–Crippen LogP) is 2.33. The van der Waals surface area contributed by atoms with Gasteiger partial charge in [0.25, 0.3) is 0 Å². The van der Waals surface area contributed by atoms with Gasteiger partial charge in [0.05, 0.1) is 12.9 Å². The summed E-state index contributed by atoms with van der Waals surface area (Å²) in [7, 11) is 0. The highest BCUT2D eigenvalue weighted by Gasteiger charge is 2.26. The number of carbonyl (C=O) groups is 4. The highest BCUT2D eigenvalue weighted by molar-refractivity contribution is 5.81. The van der Waals surface area contributed by atoms with Crippen molar-refractivity contribution in [3.63, 3.8) is 0 Å². The van der Waals surface area contributed by atoms with Crippen LogP contribution >= 0.6 is 0 Å². The molecule has 0 aliphatic carbocycles. The van der Waals surface area contributed by atoms with Crippen LogP contribution in [0.25, 0.3) is 0 Å². The van der Waals surface area contributed by atoms with Crippen LogP contribution in [0.2, 0.25) is 0 Å². The molecule has 0 radical (unpaired) electrons. The predicted molar refractivity (Wildman–Crippen MR) is 107 cm³/mol. The van der Waals surface area contributed by atoms with Crippen LogP contribution in [-0.2, 0) is 42.7 Å². The van der Waals surface area contributed by atoms with E-state index < -0.39 is 36.6 Å². The lowest BCUT2D eigenvalue weighted by Gasteiger charge is -2.17. The Morgan fingerprint density at radius 3 is 2.00 bits per heavy atom. The smallest absolute Gasteiger partial charge is 0.498 e. The standard InChI is InChI=1S/C10H14O6.C7H10O4.C3H4O2/c1-3-8(11)16-9(4-2)13-5-7-6-14-10(12)15-7;1-2-3-9-4-6-5-10-7(8)11-6;1-2-3(4)5/h3,7,9H,1,4-6H2,2H3;2-3,6H,4-5H2,1H3;2H,1H2,(H,4,5)/b;3-2-;. The van der Waals surface area contributed by atoms with Gasteiger partial charge in [0, 0.05) is 18.6 Å². The highest BCUT2D eigenvalue weighted by Crippen LogP contribution is 2.09. The van der Waals surface area contributed by atoms with Crippen molar-refractivity contribution in [1.29, 1.82) is 0 Å². The van der Waals surface area contributed by atoms with Crippen LogP contribution in [0.5, 0.6) is 0 Å². The van der Waals surface area contributed by atoms with Gasteiger partial charge in [0.15, 0.2) is 12.2 Å². The fourth-order valence-electron chi connectivity index (χ4n) is 1.78. The van der Waals surface area contributed by atoms with E-state index in [-0.39, 0.29) is 25.9 Å². The van der Waals surface area contributed by atoms with Gasteiger partial charge in [-0.3, -0.25) is 0 Å². The number of allylic oxidation sites excluding steroid dienone is 1. The van der Waals surface area contributed by atoms with Crippen LogP contribution < -0.4 is 0 Å². The summed E-state index contributed by atoms with van der Waals surface area (Å²) < 4.78 is 33.6. The Bertz CT molecular complexity index is 657. The maximum atomic E-state index is 10.9. The fourth-order valence-corrected chi connectivity index (χ4v) is 1.78. The van der Waals surface area contributed by atoms with Gasteiger partial charge in [0.2, 0.25) is 6.29 Å². The van der Waals surface area contributed by atoms with Crippen LogP contribution in [0.4, 0.5) is 9.59 Å². The van der Waals surface area contributed by atoms with Crippen molar-refractivity contribution in [2.75, 3.05) is 26.4 Å². The molecule has 0 amide bonds. The van der Waals surface area contributed by atoms with Crippen molar-refractivity contribution < 1.29 is 57.4 Å². The molecule has 2 aliphatic heterocycles. The van der Waals surface area contributed by atoms with Gasteiger partial charge in [0.1, 0.15) is 19.8 Å². The van der Waals surface area contributed by atoms with Crippen LogP contribution in [0.1, 0.15) is 20.3 Å². The number of carboxylic acids is 1. The first kappa shape index (κ1) is 28.5. The fraction of sp³-hybridized carbons (Fsp3) is 0.500. The second-order valence-electron chi connectivity index (χ2n) is 5.76. The lowest BCUT2D eigenvalue weighted by molar-refractivity contribution is -0.178. The van der Waals surface area contributed by atoms with Crippen molar-refractivity contribution in [3.05, 3.63) is 37.6 Å². The lowest BCUT2D eigenvalue weighted by Crippen LogP contribution is -2.26. The lowest BCUT2D eigenvalue weighted by atomic mass is 10.4. The van der Waals surface area contributed by atoms with Crippen molar-refractivity contribution in [2.45, 2.75) is 38.8 Å². The molecular formula is C20H28O12. The molecule has 32 heavy (non-hydrogen) atoms. The average Bonchev–Trinajstić information content (AvgIpc) is 3.39. The summed E-state index contributed by atoms with van der Waals surface area (Å²) in [5, 5.41) is 7.60. The SMILES string of the molecule is C/C=C\OCC1COC(=O)O1.C=CC(=O)O.C=CC(=O)OC(CC)OCC1COC(=O)O1. The molecule has 2 aliphatic rings. The molecule has 3 unspecified atom stereocenters. The Morgan fingerprint density at radius 2 is 1.62 bits per heavy atom. The van der Waals surface area contributed by atoms with E-state index in [1.807, 2.05) is 6.92 Å². The van der Waals surface area contributed by atoms with Crippen molar-refractivity contribution >= 4 is 24.2 Å². The number of carbonyl (C=O) groups excluding carboxylic acids is 3. The molecule has 3 atom stereocenters. The third kappa shape index (κ3) is 14.4. The van der Waals surface area contributed by atoms with Crippen molar-refractivity contribution in [3.8, 4) is 0 Å². The zero-order valence-corrected chi connectivity index (χ0v) is 17.9. The Morgan fingerprint density at radius 1 is 1.09 bits per heavy atom. The third-order valence-electron chi connectivity index (χ3n) is 3.20. The van der Waals surface area contributed by atoms with Crippen LogP contribution in [0.15, 0.2) is 37.6 Å². The Hall–Kier alpha value is -3.54. The molecule has 2 saturated heterocycles. The molecule has 180 valence electrons. The third-order valence-corrected chi connectivity index (χ3v) is 3.20. The van der Waals surface area contributed by atoms with Gasteiger partial charge in [-0.25, -0.2) is 19.2 Å². The molecule has 0 bridgehead atoms. The highest BCUT2D eigenvalue weighted by atomic mass is 16.8. The molecule has 1 N–H and O–H groups in total. The molecule has 0 aromatic carbocycles. The Balaban J connectivity index is 0.000000518. The molecule has 0 aromatic rings. The normalized spacial score (nSPS) is 19.4. The number of aliphatic carboxylic acids is 1. The minimum absolute atomic E-state index is 0.134. The largest absolute Gasteiger partial charge is 0.508 e. The van der Waals surface area contributed by atoms with Crippen LogP contribution in [-0.4, -0.2) is 74.3 Å². The van der Waals surface area contributed by atoms with E-state index >= 15 is 0 Å². The Kier molecular flexibility index (Phi) is 15.3. The second-order valence-corrected chi connectivity index (χ2v) is 5.76. The van der Waals surface area contributed by atoms with E-state index in [9.17, 15) is 19.2 Å². The molecule has 2 rings (SSSR count). The first-order valence-electron chi connectivity index (χ1n) is 9.45. The van der Waals surface area contributed by atoms with Gasteiger partial charge in [-0.2, -0.15) is 0 Å². The quantitative estimate of drug-likeness (QED) is 0.167. The summed E-state index contributed by atoms with van der Waals surface area (Å²) in [5.41, 5.74) is 0. The number of rotatable bonds is 10. The molecular weight excluding hydrogens is 432 g/mol. The Labute approximate surface area is 185 Å². The zero-order valence-electron chi connectivity index (χ0n) is 17.9. The minimum atomic E-state index is -0.981. The molecule has 0 spiro atoms. The van der Waals surface area contributed by atoms with Crippen LogP contribution in [0, 0.1) is 0 Å². The number of ether oxygens (including phenoxy) is 7. The maximum absolute atomic E-state index is 10.9. The summed E-state index contributed by atoms with van der Waals surface area (Å²) in [6.45, 7) is 10.8. The van der Waals surface area contributed by atoms with Crippen molar-refractivity contribution in [2.24, 2.45) is 0 Å². The van der Waals surface area contributed by atoms with E-state index in [0.29, 0.717) is 13.0 Å². The molecule has 12 heteroatoms.